The Bertz CT molecular complexity index is 3190. The number of carboxylic acids is 2. The van der Waals surface area contributed by atoms with Crippen molar-refractivity contribution in [2.75, 3.05) is 59.5 Å². The van der Waals surface area contributed by atoms with Gasteiger partial charge in [0.2, 0.25) is 29.5 Å². The highest BCUT2D eigenvalue weighted by molar-refractivity contribution is 5.78. The lowest BCUT2D eigenvalue weighted by Gasteiger charge is -2.51. The third-order valence-corrected chi connectivity index (χ3v) is 20.2. The first-order chi connectivity index (χ1) is 54.4. The minimum absolute atomic E-state index is 0.843. The normalized spacial score (nSPS) is 41.8. The maximum Gasteiger partial charge on any atom is 0.364 e. The lowest BCUT2D eigenvalue weighted by atomic mass is 9.88. The molecular formula is C64H107N5O47. The molecule has 7 saturated heterocycles. The van der Waals surface area contributed by atoms with Crippen molar-refractivity contribution in [3.8, 4) is 0 Å². The van der Waals surface area contributed by atoms with Crippen LogP contribution in [-0.4, -0.2) is 484 Å². The molecule has 5 amide bonds. The summed E-state index contributed by atoms with van der Waals surface area (Å²) in [5.41, 5.74) is 0. The van der Waals surface area contributed by atoms with Crippen molar-refractivity contribution in [2.45, 2.75) is 298 Å². The predicted molar refractivity (Wildman–Crippen MR) is 359 cm³/mol. The summed E-state index contributed by atoms with van der Waals surface area (Å²) in [5, 5.41) is 298. The molecule has 7 rings (SSSR count). The first-order valence-corrected chi connectivity index (χ1v) is 36.3. The highest BCUT2D eigenvalue weighted by Gasteiger charge is 2.63. The Morgan fingerprint density at radius 3 is 1.25 bits per heavy atom. The molecule has 0 saturated carbocycles. The van der Waals surface area contributed by atoms with Crippen LogP contribution in [0.1, 0.15) is 47.5 Å². The van der Waals surface area contributed by atoms with Crippen molar-refractivity contribution in [2.24, 2.45) is 0 Å². The summed E-state index contributed by atoms with van der Waals surface area (Å²) in [6.45, 7) is -6.24. The number of carbonyl (C=O) groups excluding carboxylic acids is 5. The summed E-state index contributed by atoms with van der Waals surface area (Å²) in [6.07, 6.45) is -78.2. The topological polar surface area (TPSA) is 835 Å². The van der Waals surface area contributed by atoms with Crippen LogP contribution in [0, 0.1) is 0 Å². The quantitative estimate of drug-likeness (QED) is 0.0275. The van der Waals surface area contributed by atoms with Gasteiger partial charge in [-0.1, -0.05) is 0 Å². The molecule has 0 radical (unpaired) electrons. The van der Waals surface area contributed by atoms with E-state index >= 15 is 0 Å². The fraction of sp³-hybridized carbons (Fsp3) is 0.891. The van der Waals surface area contributed by atoms with Crippen LogP contribution in [0.15, 0.2) is 0 Å². The number of aliphatic hydroxyl groups is 24. The van der Waals surface area contributed by atoms with Crippen molar-refractivity contribution in [1.29, 1.82) is 0 Å². The molecule has 0 aliphatic carbocycles. The second-order valence-corrected chi connectivity index (χ2v) is 28.7. The molecule has 0 aromatic carbocycles. The molecule has 0 aromatic heterocycles. The zero-order chi connectivity index (χ0) is 86.8. The minimum atomic E-state index is -3.29. The second kappa shape index (κ2) is 42.5. The van der Waals surface area contributed by atoms with Gasteiger partial charge < -0.3 is 226 Å². The Hall–Kier alpha value is -5.23. The molecule has 52 nitrogen and oxygen atoms in total. The van der Waals surface area contributed by atoms with Gasteiger partial charge >= 0.3 is 11.9 Å². The molecule has 7 aliphatic heterocycles. The molecule has 7 heterocycles. The first-order valence-electron chi connectivity index (χ1n) is 36.3. The monoisotopic (exact) mass is 1700 g/mol. The van der Waals surface area contributed by atoms with Crippen LogP contribution in [0.5, 0.6) is 0 Å². The van der Waals surface area contributed by atoms with E-state index in [0.29, 0.717) is 0 Å². The van der Waals surface area contributed by atoms with Gasteiger partial charge in [0.25, 0.3) is 11.6 Å². The Labute approximate surface area is 656 Å². The van der Waals surface area contributed by atoms with E-state index < -0.39 is 364 Å². The first kappa shape index (κ1) is 97.9. The number of hydrogen-bond acceptors (Lipinski definition) is 45. The maximum absolute atomic E-state index is 13.2. The van der Waals surface area contributed by atoms with E-state index in [1.807, 2.05) is 0 Å². The van der Waals surface area contributed by atoms with E-state index in [2.05, 4.69) is 26.6 Å². The number of carbonyl (C=O) groups is 7. The van der Waals surface area contributed by atoms with Crippen molar-refractivity contribution >= 4 is 41.5 Å². The standard InChI is InChI=1S/C64H107N5O47/c1-17(77)65-22(8-70)37(87)49(27(86)11-73)110-59-47(97)54(113-57-36(69-21(5)81)44(94)51(30(14-76)107-57)111-58-46(96)45(95)40(90)32(109-58)16-104-63(61(99)100)6-23(82)33(66-18(2)78)52(114-63)38(88)25(84)9-71)42(92)31(108-59)15-103-56-35(68-20(4)80)43(93)50(29(13-75)106-56)112-60-48(98)55(41(91)28(12-74)105-60)116-64(62(101)102)7-24(83)34(67-19(3)79)53(115-64)39(89)26(85)10-72/h22-60,70-76,82-98H,6-16H2,1-5H3,(H,65,77)(H,66,78)(H,67,79)(H,68,80)(H,69,81)(H,99,100)(H,101,102)/t22-,23-,24-,25+,26+,27+,28+,29+,30+,31+,32+,33+,34+,35+,36+,37+,38+,39+,40-,41-,42-,43+,44+,45-,46+,47+,48+,49+,50+,51+,52+,53+,54-,55-,56+,57-,58-,59-,60-,63+,64-/m0/s1. The minimum Gasteiger partial charge on any atom is -0.477 e. The predicted octanol–water partition coefficient (Wildman–Crippen LogP) is -19.7. The highest BCUT2D eigenvalue weighted by Crippen LogP contribution is 2.42. The molecule has 7 aliphatic rings. The van der Waals surface area contributed by atoms with Gasteiger partial charge in [-0.05, 0) is 0 Å². The van der Waals surface area contributed by atoms with Crippen LogP contribution < -0.4 is 26.6 Å². The van der Waals surface area contributed by atoms with Gasteiger partial charge in [0, 0.05) is 47.5 Å². The molecule has 7 fully saturated rings. The molecule has 116 heavy (non-hydrogen) atoms. The molecule has 0 bridgehead atoms. The summed E-state index contributed by atoms with van der Waals surface area (Å²) in [6, 6.07) is -9.22. The number of amides is 5. The van der Waals surface area contributed by atoms with Crippen molar-refractivity contribution in [1.82, 2.24) is 26.6 Å². The average Bonchev–Trinajstić information content (AvgIpc) is 0.750. The number of nitrogens with one attached hydrogen (secondary N) is 5. The van der Waals surface area contributed by atoms with Gasteiger partial charge in [0.05, 0.1) is 89.8 Å². The summed E-state index contributed by atoms with van der Waals surface area (Å²) in [5.74, 6) is -15.2. The third-order valence-electron chi connectivity index (χ3n) is 20.2. The van der Waals surface area contributed by atoms with Crippen LogP contribution >= 0.6 is 0 Å². The maximum atomic E-state index is 13.2. The number of ether oxygens (including phenoxy) is 14. The van der Waals surface area contributed by atoms with Crippen molar-refractivity contribution in [3.63, 3.8) is 0 Å². The largest absolute Gasteiger partial charge is 0.477 e. The van der Waals surface area contributed by atoms with E-state index in [-0.39, 0.29) is 0 Å². The number of carboxylic acid groups (broad SMARTS) is 2. The number of hydrogen-bond donors (Lipinski definition) is 31. The SMILES string of the molecule is CC(=O)N[C@H]1[C@H](O[C@H]2[C@@H](O)[C@@H](CO[C@@H]3O[C@H](CO)[C@@H](O[C@@H]4O[C@H](CO)[C@H](O)[C@H](O[C@]5(C(=O)O)C[C@H](O)[C@@H](NC(C)=O)[C@H]([C@H](O)[C@H](O)CO)O5)[C@H]4O)[C@H](O)[C@H]3NC(C)=O)O[C@@H](O[C@@H]([C@H](O)[C@H](CO)NC(C)=O)[C@H](O)CO)[C@@H]2O)O[C@H](CO)[C@@H](O[C@@H]2O[C@H](CO[C@]3(C(=O)O)C[C@H](O)[C@@H](NC(C)=O)[C@H]([C@H](O)[C@H](O)CO)O3)[C@H](O)[C@H](O)[C@H]2O)[C@@H]1O. The summed E-state index contributed by atoms with van der Waals surface area (Å²) < 4.78 is 81.6. The number of aliphatic hydroxyl groups excluding tert-OH is 24. The number of aliphatic carboxylic acids is 2. The van der Waals surface area contributed by atoms with Crippen molar-refractivity contribution < 1.29 is 233 Å². The van der Waals surface area contributed by atoms with E-state index in [4.69, 9.17) is 66.3 Å². The molecule has 41 atom stereocenters. The van der Waals surface area contributed by atoms with Crippen molar-refractivity contribution in [3.05, 3.63) is 0 Å². The zero-order valence-corrected chi connectivity index (χ0v) is 62.5. The van der Waals surface area contributed by atoms with Gasteiger partial charge in [-0.25, -0.2) is 9.59 Å². The second-order valence-electron chi connectivity index (χ2n) is 28.7. The van der Waals surface area contributed by atoms with E-state index in [1.54, 1.807) is 0 Å². The van der Waals surface area contributed by atoms with Crippen LogP contribution in [-0.2, 0) is 99.9 Å². The number of rotatable bonds is 37. The molecule has 0 spiro atoms. The molecular weight excluding hydrogens is 1590 g/mol. The van der Waals surface area contributed by atoms with Crippen LogP contribution in [0.2, 0.25) is 0 Å². The van der Waals surface area contributed by atoms with Gasteiger partial charge in [0.15, 0.2) is 31.5 Å². The summed E-state index contributed by atoms with van der Waals surface area (Å²) >= 11 is 0. The fourth-order valence-corrected chi connectivity index (χ4v) is 14.3. The lowest BCUT2D eigenvalue weighted by Crippen LogP contribution is -2.71. The van der Waals surface area contributed by atoms with Gasteiger partial charge in [-0.2, -0.15) is 0 Å². The van der Waals surface area contributed by atoms with E-state index in [9.17, 15) is 166 Å². The van der Waals surface area contributed by atoms with Crippen LogP contribution in [0.25, 0.3) is 0 Å². The Morgan fingerprint density at radius 1 is 0.397 bits per heavy atom. The Kier molecular flexibility index (Phi) is 35.9. The smallest absolute Gasteiger partial charge is 0.364 e. The third kappa shape index (κ3) is 22.5. The van der Waals surface area contributed by atoms with E-state index in [1.165, 1.54) is 0 Å². The molecule has 670 valence electrons. The fourth-order valence-electron chi connectivity index (χ4n) is 14.3. The Morgan fingerprint density at radius 2 is 0.793 bits per heavy atom. The van der Waals surface area contributed by atoms with Gasteiger partial charge in [-0.15, -0.1) is 0 Å². The lowest BCUT2D eigenvalue weighted by molar-refractivity contribution is -0.385. The molecule has 52 heteroatoms. The highest BCUT2D eigenvalue weighted by atomic mass is 16.8. The van der Waals surface area contributed by atoms with Gasteiger partial charge in [-0.3, -0.25) is 24.0 Å². The average molecular weight is 1700 g/mol. The molecule has 31 N–H and O–H groups in total. The molecule has 0 aromatic rings. The van der Waals surface area contributed by atoms with E-state index in [0.717, 1.165) is 34.6 Å². The zero-order valence-electron chi connectivity index (χ0n) is 62.5. The van der Waals surface area contributed by atoms with Crippen LogP contribution in [0.3, 0.4) is 0 Å². The summed E-state index contributed by atoms with van der Waals surface area (Å²) in [7, 11) is 0. The summed E-state index contributed by atoms with van der Waals surface area (Å²) in [4.78, 5) is 88.7. The molecule has 0 unspecified atom stereocenters. The Balaban J connectivity index is 1.17. The van der Waals surface area contributed by atoms with Gasteiger partial charge in [0.1, 0.15) is 177 Å². The van der Waals surface area contributed by atoms with Crippen LogP contribution in [0.4, 0.5) is 0 Å².